The number of ether oxygens (including phenoxy) is 1. The minimum Gasteiger partial charge on any atom is -0.485 e. The van der Waals surface area contributed by atoms with E-state index in [1.807, 2.05) is 6.07 Å². The Kier molecular flexibility index (Phi) is 3.97. The molecule has 0 unspecified atom stereocenters. The highest BCUT2D eigenvalue weighted by atomic mass is 79.9. The fourth-order valence-electron chi connectivity index (χ4n) is 1.75. The van der Waals surface area contributed by atoms with Gasteiger partial charge in [0.1, 0.15) is 12.4 Å². The molecule has 2 aromatic heterocycles. The summed E-state index contributed by atoms with van der Waals surface area (Å²) >= 11 is 10.7. The predicted octanol–water partition coefficient (Wildman–Crippen LogP) is 3.45. The molecule has 2 heterocycles. The zero-order valence-electron chi connectivity index (χ0n) is 10.8. The summed E-state index contributed by atoms with van der Waals surface area (Å²) in [6.45, 7) is 2.01. The highest BCUT2D eigenvalue weighted by Gasteiger charge is 2.09. The molecule has 0 fully saturated rings. The van der Waals surface area contributed by atoms with Crippen LogP contribution in [0.15, 0.2) is 33.5 Å². The SMILES string of the molecule is Cc1cc(=O)n2nc(COc3ccc(Br)cc3Cl)sc2n1. The number of nitrogens with zero attached hydrogens (tertiary/aromatic N) is 3. The molecule has 0 aliphatic rings. The van der Waals surface area contributed by atoms with Gasteiger partial charge in [0.2, 0.25) is 4.96 Å². The third kappa shape index (κ3) is 3.09. The van der Waals surface area contributed by atoms with Crippen molar-refractivity contribution in [2.24, 2.45) is 0 Å². The van der Waals surface area contributed by atoms with E-state index in [4.69, 9.17) is 16.3 Å². The van der Waals surface area contributed by atoms with Crippen LogP contribution in [0.2, 0.25) is 5.02 Å². The van der Waals surface area contributed by atoms with E-state index in [1.165, 1.54) is 21.9 Å². The molecule has 0 aliphatic heterocycles. The Morgan fingerprint density at radius 2 is 2.24 bits per heavy atom. The normalized spacial score (nSPS) is 11.0. The second-order valence-corrected chi connectivity index (χ2v) is 6.65. The van der Waals surface area contributed by atoms with Crippen LogP contribution < -0.4 is 10.3 Å². The Labute approximate surface area is 137 Å². The lowest BCUT2D eigenvalue weighted by molar-refractivity contribution is 0.304. The molecule has 3 aromatic rings. The van der Waals surface area contributed by atoms with Crippen molar-refractivity contribution < 1.29 is 4.74 Å². The Bertz CT molecular complexity index is 877. The number of rotatable bonds is 3. The van der Waals surface area contributed by atoms with E-state index in [9.17, 15) is 4.79 Å². The molecule has 0 bridgehead atoms. The molecule has 0 saturated carbocycles. The van der Waals surface area contributed by atoms with Crippen molar-refractivity contribution >= 4 is 43.8 Å². The van der Waals surface area contributed by atoms with Gasteiger partial charge in [0, 0.05) is 16.2 Å². The Hall–Kier alpha value is -1.44. The Balaban J connectivity index is 1.85. The summed E-state index contributed by atoms with van der Waals surface area (Å²) in [4.78, 5) is 16.6. The smallest absolute Gasteiger partial charge is 0.275 e. The first-order valence-electron chi connectivity index (χ1n) is 5.97. The molecule has 0 amide bonds. The Morgan fingerprint density at radius 1 is 1.43 bits per heavy atom. The predicted molar refractivity (Wildman–Crippen MR) is 85.4 cm³/mol. The van der Waals surface area contributed by atoms with E-state index in [0.29, 0.717) is 26.4 Å². The number of aromatic nitrogens is 3. The summed E-state index contributed by atoms with van der Waals surface area (Å²) in [6.07, 6.45) is 0. The lowest BCUT2D eigenvalue weighted by Gasteiger charge is -2.05. The number of hydrogen-bond acceptors (Lipinski definition) is 5. The highest BCUT2D eigenvalue weighted by Crippen LogP contribution is 2.28. The molecular formula is C13H9BrClN3O2S. The number of benzene rings is 1. The fourth-order valence-corrected chi connectivity index (χ4v) is 3.34. The van der Waals surface area contributed by atoms with Crippen molar-refractivity contribution in [1.29, 1.82) is 0 Å². The molecule has 0 spiro atoms. The van der Waals surface area contributed by atoms with Crippen LogP contribution in [0, 0.1) is 6.92 Å². The first-order valence-corrected chi connectivity index (χ1v) is 7.96. The number of halogens is 2. The average molecular weight is 387 g/mol. The van der Waals surface area contributed by atoms with Crippen molar-refractivity contribution in [3.8, 4) is 5.75 Å². The highest BCUT2D eigenvalue weighted by molar-refractivity contribution is 9.10. The minimum atomic E-state index is -0.193. The monoisotopic (exact) mass is 385 g/mol. The summed E-state index contributed by atoms with van der Waals surface area (Å²) < 4.78 is 7.79. The third-order valence-electron chi connectivity index (χ3n) is 2.66. The zero-order valence-corrected chi connectivity index (χ0v) is 14.0. The van der Waals surface area contributed by atoms with Gasteiger partial charge >= 0.3 is 0 Å². The van der Waals surface area contributed by atoms with Crippen LogP contribution in [-0.4, -0.2) is 14.6 Å². The molecule has 5 nitrogen and oxygen atoms in total. The van der Waals surface area contributed by atoms with Gasteiger partial charge in [0.15, 0.2) is 5.01 Å². The van der Waals surface area contributed by atoms with Gasteiger partial charge in [-0.1, -0.05) is 38.9 Å². The zero-order chi connectivity index (χ0) is 15.0. The molecule has 0 N–H and O–H groups in total. The third-order valence-corrected chi connectivity index (χ3v) is 4.33. The summed E-state index contributed by atoms with van der Waals surface area (Å²) in [7, 11) is 0. The maximum absolute atomic E-state index is 11.8. The van der Waals surface area contributed by atoms with Gasteiger partial charge in [-0.3, -0.25) is 4.79 Å². The van der Waals surface area contributed by atoms with E-state index in [0.717, 1.165) is 4.47 Å². The number of hydrogen-bond donors (Lipinski definition) is 0. The maximum Gasteiger partial charge on any atom is 0.275 e. The molecule has 3 rings (SSSR count). The van der Waals surface area contributed by atoms with Crippen LogP contribution in [0.25, 0.3) is 4.96 Å². The van der Waals surface area contributed by atoms with E-state index >= 15 is 0 Å². The van der Waals surface area contributed by atoms with Gasteiger partial charge < -0.3 is 4.74 Å². The van der Waals surface area contributed by atoms with Crippen molar-refractivity contribution in [3.63, 3.8) is 0 Å². The number of aryl methyl sites for hydroxylation is 1. The minimum absolute atomic E-state index is 0.193. The Morgan fingerprint density at radius 3 is 3.00 bits per heavy atom. The molecule has 0 saturated heterocycles. The first-order chi connectivity index (χ1) is 10.0. The standard InChI is InChI=1S/C13H9BrClN3O2S/c1-7-4-12(19)18-13(16-7)21-11(17-18)6-20-10-3-2-8(14)5-9(10)15/h2-5H,6H2,1H3. The molecule has 0 radical (unpaired) electrons. The molecular weight excluding hydrogens is 378 g/mol. The number of fused-ring (bicyclic) bond motifs is 1. The average Bonchev–Trinajstić information content (AvgIpc) is 2.81. The van der Waals surface area contributed by atoms with Crippen LogP contribution in [0.5, 0.6) is 5.75 Å². The second kappa shape index (κ2) is 5.75. The van der Waals surface area contributed by atoms with E-state index in [-0.39, 0.29) is 12.2 Å². The molecule has 0 aliphatic carbocycles. The summed E-state index contributed by atoms with van der Waals surface area (Å²) in [5.41, 5.74) is 0.480. The van der Waals surface area contributed by atoms with Gasteiger partial charge in [0.05, 0.1) is 5.02 Å². The van der Waals surface area contributed by atoms with Crippen molar-refractivity contribution in [3.05, 3.63) is 54.8 Å². The van der Waals surface area contributed by atoms with Crippen LogP contribution in [0.1, 0.15) is 10.7 Å². The summed E-state index contributed by atoms with van der Waals surface area (Å²) in [6, 6.07) is 6.82. The van der Waals surface area contributed by atoms with E-state index < -0.39 is 0 Å². The topological polar surface area (TPSA) is 56.5 Å². The van der Waals surface area contributed by atoms with E-state index in [1.54, 1.807) is 19.1 Å². The summed E-state index contributed by atoms with van der Waals surface area (Å²) in [5, 5.41) is 5.37. The first kappa shape index (κ1) is 14.5. The van der Waals surface area contributed by atoms with Gasteiger partial charge in [-0.2, -0.15) is 9.61 Å². The molecule has 1 aromatic carbocycles. The molecule has 8 heteroatoms. The molecule has 108 valence electrons. The van der Waals surface area contributed by atoms with Crippen molar-refractivity contribution in [2.75, 3.05) is 0 Å². The van der Waals surface area contributed by atoms with Crippen LogP contribution in [0.4, 0.5) is 0 Å². The van der Waals surface area contributed by atoms with Crippen molar-refractivity contribution in [2.45, 2.75) is 13.5 Å². The summed E-state index contributed by atoms with van der Waals surface area (Å²) in [5.74, 6) is 0.565. The van der Waals surface area contributed by atoms with Gasteiger partial charge in [0.25, 0.3) is 5.56 Å². The lowest BCUT2D eigenvalue weighted by atomic mass is 10.3. The van der Waals surface area contributed by atoms with Gasteiger partial charge in [-0.15, -0.1) is 0 Å². The van der Waals surface area contributed by atoms with Gasteiger partial charge in [-0.05, 0) is 25.1 Å². The largest absolute Gasteiger partial charge is 0.485 e. The van der Waals surface area contributed by atoms with Crippen LogP contribution in [0.3, 0.4) is 0 Å². The second-order valence-electron chi connectivity index (χ2n) is 4.29. The van der Waals surface area contributed by atoms with Crippen LogP contribution in [-0.2, 0) is 6.61 Å². The molecule has 0 atom stereocenters. The quantitative estimate of drug-likeness (QED) is 0.692. The van der Waals surface area contributed by atoms with Crippen LogP contribution >= 0.6 is 38.9 Å². The maximum atomic E-state index is 11.8. The van der Waals surface area contributed by atoms with Crippen molar-refractivity contribution in [1.82, 2.24) is 14.6 Å². The fraction of sp³-hybridized carbons (Fsp3) is 0.154. The lowest BCUT2D eigenvalue weighted by Crippen LogP contribution is -2.14. The molecule has 21 heavy (non-hydrogen) atoms. The van der Waals surface area contributed by atoms with E-state index in [2.05, 4.69) is 26.0 Å². The van der Waals surface area contributed by atoms with Gasteiger partial charge in [-0.25, -0.2) is 4.98 Å².